The van der Waals surface area contributed by atoms with E-state index in [1.807, 2.05) is 12.1 Å². The third-order valence-corrected chi connectivity index (χ3v) is 13.3. The molecule has 0 aromatic heterocycles. The molecule has 0 heterocycles. The molecule has 0 atom stereocenters. The summed E-state index contributed by atoms with van der Waals surface area (Å²) in [5.41, 5.74) is 2.46. The molecule has 84 valence electrons. The van der Waals surface area contributed by atoms with Gasteiger partial charge in [0.1, 0.15) is 0 Å². The van der Waals surface area contributed by atoms with Gasteiger partial charge in [0.15, 0.2) is 0 Å². The van der Waals surface area contributed by atoms with Gasteiger partial charge in [-0.25, -0.2) is 0 Å². The van der Waals surface area contributed by atoms with E-state index in [1.165, 1.54) is 11.1 Å². The molecule has 1 aromatic rings. The Morgan fingerprint density at radius 1 is 1.20 bits per heavy atom. The van der Waals surface area contributed by atoms with Gasteiger partial charge in [-0.1, -0.05) is 0 Å². The normalized spacial score (nSPS) is 11.7. The summed E-state index contributed by atoms with van der Waals surface area (Å²) in [4.78, 5) is 0. The Balaban J connectivity index is 2.84. The maximum atomic E-state index is 6.36. The summed E-state index contributed by atoms with van der Waals surface area (Å²) in [6.07, 6.45) is 0. The van der Waals surface area contributed by atoms with E-state index in [2.05, 4.69) is 19.1 Å². The minimum atomic E-state index is -2.81. The van der Waals surface area contributed by atoms with Crippen LogP contribution in [0.4, 0.5) is 0 Å². The maximum absolute atomic E-state index is 6.36. The molecule has 1 rings (SSSR count). The number of benzene rings is 1. The molecule has 0 spiro atoms. The zero-order valence-corrected chi connectivity index (χ0v) is 13.5. The molecule has 0 saturated carbocycles. The average Bonchev–Trinajstić information content (AvgIpc) is 2.21. The zero-order chi connectivity index (χ0) is 11.3. The molecule has 0 aliphatic rings. The molecular weight excluding hydrogens is 338 g/mol. The fourth-order valence-electron chi connectivity index (χ4n) is 1.43. The standard InChI is InChI=1S/C9H11O.C2H5.2ClH.Sn/c1-8-5-3-4-6-9(8)7-10-2;1-2;;;/h3-6H,1,7H2,2H3;1H2,2H3;2*1H;/q;;;;+2/p-2. The Labute approximate surface area is 103 Å². The molecule has 0 fully saturated rings. The predicted molar refractivity (Wildman–Crippen MR) is 68.8 cm³/mol. The summed E-state index contributed by atoms with van der Waals surface area (Å²) >= 11 is -2.81. The first-order valence-electron chi connectivity index (χ1n) is 5.02. The van der Waals surface area contributed by atoms with Gasteiger partial charge in [0.2, 0.25) is 0 Å². The van der Waals surface area contributed by atoms with Crippen molar-refractivity contribution in [3.8, 4) is 0 Å². The van der Waals surface area contributed by atoms with Crippen LogP contribution in [0.5, 0.6) is 0 Å². The Bertz CT molecular complexity index is 315. The number of rotatable bonds is 5. The molecule has 15 heavy (non-hydrogen) atoms. The minimum absolute atomic E-state index is 0.635. The third-order valence-electron chi connectivity index (χ3n) is 2.38. The van der Waals surface area contributed by atoms with Crippen molar-refractivity contribution in [2.24, 2.45) is 0 Å². The van der Waals surface area contributed by atoms with Gasteiger partial charge in [-0.15, -0.1) is 0 Å². The zero-order valence-electron chi connectivity index (χ0n) is 9.09. The van der Waals surface area contributed by atoms with Gasteiger partial charge in [-0.05, 0) is 0 Å². The SMILES string of the molecule is C[CH2][Sn]([Cl])([Cl])[CH2]c1ccccc1COC. The number of hydrogen-bond acceptors (Lipinski definition) is 1. The van der Waals surface area contributed by atoms with Crippen LogP contribution >= 0.6 is 17.8 Å². The quantitative estimate of drug-likeness (QED) is 0.730. The van der Waals surface area contributed by atoms with Crippen molar-refractivity contribution in [1.29, 1.82) is 0 Å². The van der Waals surface area contributed by atoms with Gasteiger partial charge in [-0.2, -0.15) is 0 Å². The van der Waals surface area contributed by atoms with Gasteiger partial charge in [0, 0.05) is 0 Å². The van der Waals surface area contributed by atoms with Crippen molar-refractivity contribution in [2.45, 2.75) is 22.4 Å². The second-order valence-electron chi connectivity index (χ2n) is 3.59. The van der Waals surface area contributed by atoms with Crippen molar-refractivity contribution < 1.29 is 4.74 Å². The average molecular weight is 354 g/mol. The molecular formula is C11H16Cl2OSn. The Morgan fingerprint density at radius 2 is 1.80 bits per heavy atom. The second-order valence-corrected chi connectivity index (χ2v) is 22.5. The van der Waals surface area contributed by atoms with E-state index < -0.39 is 16.1 Å². The Hall–Kier alpha value is 0.559. The Morgan fingerprint density at radius 3 is 2.33 bits per heavy atom. The van der Waals surface area contributed by atoms with Crippen LogP contribution in [0.1, 0.15) is 18.1 Å². The molecule has 4 heteroatoms. The van der Waals surface area contributed by atoms with Crippen LogP contribution in [-0.4, -0.2) is 23.2 Å². The van der Waals surface area contributed by atoms with Crippen molar-refractivity contribution in [3.63, 3.8) is 0 Å². The van der Waals surface area contributed by atoms with E-state index >= 15 is 0 Å². The van der Waals surface area contributed by atoms with Crippen molar-refractivity contribution in [1.82, 2.24) is 0 Å². The Kier molecular flexibility index (Phi) is 5.75. The molecule has 1 aromatic carbocycles. The van der Waals surface area contributed by atoms with Crippen LogP contribution in [0.15, 0.2) is 24.3 Å². The summed E-state index contributed by atoms with van der Waals surface area (Å²) in [5, 5.41) is 0. The molecule has 0 N–H and O–H groups in total. The van der Waals surface area contributed by atoms with Crippen LogP contribution in [0.25, 0.3) is 0 Å². The second kappa shape index (κ2) is 6.33. The van der Waals surface area contributed by atoms with Gasteiger partial charge >= 0.3 is 104 Å². The van der Waals surface area contributed by atoms with Crippen molar-refractivity contribution in [2.75, 3.05) is 7.11 Å². The van der Waals surface area contributed by atoms with E-state index in [-0.39, 0.29) is 0 Å². The van der Waals surface area contributed by atoms with Gasteiger partial charge in [0.05, 0.1) is 0 Å². The molecule has 0 saturated heterocycles. The van der Waals surface area contributed by atoms with Crippen molar-refractivity contribution in [3.05, 3.63) is 35.4 Å². The molecule has 0 bridgehead atoms. The molecule has 0 radical (unpaired) electrons. The van der Waals surface area contributed by atoms with E-state index in [0.29, 0.717) is 6.61 Å². The van der Waals surface area contributed by atoms with Crippen LogP contribution in [0.3, 0.4) is 0 Å². The fourth-order valence-corrected chi connectivity index (χ4v) is 6.65. The molecule has 0 unspecified atom stereocenters. The third kappa shape index (κ3) is 4.51. The van der Waals surface area contributed by atoms with E-state index in [4.69, 9.17) is 22.6 Å². The van der Waals surface area contributed by atoms with Crippen LogP contribution in [0, 0.1) is 0 Å². The first kappa shape index (κ1) is 13.6. The topological polar surface area (TPSA) is 9.23 Å². The number of ether oxygens (including phenoxy) is 1. The molecule has 1 nitrogen and oxygen atoms in total. The van der Waals surface area contributed by atoms with Gasteiger partial charge in [-0.3, -0.25) is 0 Å². The van der Waals surface area contributed by atoms with Crippen molar-refractivity contribution >= 4 is 34.0 Å². The molecule has 0 aliphatic heterocycles. The monoisotopic (exact) mass is 354 g/mol. The summed E-state index contributed by atoms with van der Waals surface area (Å²) in [7, 11) is 14.4. The van der Waals surface area contributed by atoms with Crippen LogP contribution in [0.2, 0.25) is 4.44 Å². The summed E-state index contributed by atoms with van der Waals surface area (Å²) in [6, 6.07) is 8.22. The molecule has 0 amide bonds. The summed E-state index contributed by atoms with van der Waals surface area (Å²) in [6.45, 7) is 2.71. The van der Waals surface area contributed by atoms with Gasteiger partial charge < -0.3 is 0 Å². The predicted octanol–water partition coefficient (Wildman–Crippen LogP) is 3.85. The number of halogens is 2. The van der Waals surface area contributed by atoms with Gasteiger partial charge in [0.25, 0.3) is 0 Å². The molecule has 0 aliphatic carbocycles. The van der Waals surface area contributed by atoms with Crippen LogP contribution in [-0.2, 0) is 15.8 Å². The fraction of sp³-hybridized carbons (Fsp3) is 0.455. The summed E-state index contributed by atoms with van der Waals surface area (Å²) in [5.74, 6) is 0. The van der Waals surface area contributed by atoms with Crippen LogP contribution < -0.4 is 0 Å². The van der Waals surface area contributed by atoms with E-state index in [9.17, 15) is 0 Å². The number of methoxy groups -OCH3 is 1. The van der Waals surface area contributed by atoms with E-state index in [0.717, 1.165) is 8.87 Å². The first-order chi connectivity index (χ1) is 7.09. The summed E-state index contributed by atoms with van der Waals surface area (Å²) < 4.78 is 6.97. The first-order valence-corrected chi connectivity index (χ1v) is 16.3. The van der Waals surface area contributed by atoms with E-state index in [1.54, 1.807) is 7.11 Å². The number of hydrogen-bond donors (Lipinski definition) is 0.